The number of ether oxygens (including phenoxy) is 1. The molecule has 0 heterocycles. The number of hydrogen-bond donors (Lipinski definition) is 1. The van der Waals surface area contributed by atoms with Crippen LogP contribution in [-0.4, -0.2) is 50.7 Å². The molecule has 2 atom stereocenters. The fraction of sp³-hybridized carbons (Fsp3) is 0.917. The Morgan fingerprint density at radius 1 is 1.31 bits per heavy atom. The van der Waals surface area contributed by atoms with E-state index in [9.17, 15) is 4.79 Å². The summed E-state index contributed by atoms with van der Waals surface area (Å²) >= 11 is 0. The first-order chi connectivity index (χ1) is 7.38. The van der Waals surface area contributed by atoms with Gasteiger partial charge in [-0.2, -0.15) is 0 Å². The molecule has 0 rings (SSSR count). The van der Waals surface area contributed by atoms with Gasteiger partial charge in [-0.1, -0.05) is 13.8 Å². The zero-order valence-electron chi connectivity index (χ0n) is 11.4. The Morgan fingerprint density at radius 3 is 2.25 bits per heavy atom. The second-order valence-electron chi connectivity index (χ2n) is 4.90. The summed E-state index contributed by atoms with van der Waals surface area (Å²) in [5.74, 6) is 0.449. The molecular weight excluding hydrogens is 204 g/mol. The highest BCUT2D eigenvalue weighted by Gasteiger charge is 2.17. The second kappa shape index (κ2) is 7.63. The number of carbonyl (C=O) groups is 1. The summed E-state index contributed by atoms with van der Waals surface area (Å²) in [7, 11) is 5.55. The van der Waals surface area contributed by atoms with Crippen LogP contribution in [0.1, 0.15) is 27.2 Å². The average molecular weight is 230 g/mol. The molecule has 0 aromatic rings. The van der Waals surface area contributed by atoms with Crippen LogP contribution in [0.5, 0.6) is 0 Å². The third-order valence-corrected chi connectivity index (χ3v) is 2.69. The van der Waals surface area contributed by atoms with Crippen molar-refractivity contribution in [1.29, 1.82) is 0 Å². The summed E-state index contributed by atoms with van der Waals surface area (Å²) in [6.45, 7) is 7.05. The van der Waals surface area contributed by atoms with Crippen LogP contribution < -0.4 is 5.32 Å². The van der Waals surface area contributed by atoms with Crippen LogP contribution in [0.25, 0.3) is 0 Å². The minimum Gasteiger partial charge on any atom is -0.468 e. The lowest BCUT2D eigenvalue weighted by Crippen LogP contribution is -2.44. The Morgan fingerprint density at radius 2 is 1.88 bits per heavy atom. The van der Waals surface area contributed by atoms with Gasteiger partial charge < -0.3 is 15.0 Å². The Bertz CT molecular complexity index is 205. The molecule has 0 amide bonds. The van der Waals surface area contributed by atoms with Gasteiger partial charge in [0.15, 0.2) is 0 Å². The summed E-state index contributed by atoms with van der Waals surface area (Å²) in [4.78, 5) is 13.4. The van der Waals surface area contributed by atoms with Crippen LogP contribution in [0.15, 0.2) is 0 Å². The Labute approximate surface area is 99.3 Å². The van der Waals surface area contributed by atoms with E-state index in [0.717, 1.165) is 13.0 Å². The summed E-state index contributed by atoms with van der Waals surface area (Å²) in [6, 6.07) is 0.215. The first-order valence-electron chi connectivity index (χ1n) is 5.86. The number of carbonyl (C=O) groups excluding carboxylic acids is 1. The van der Waals surface area contributed by atoms with Gasteiger partial charge in [0.2, 0.25) is 0 Å². The monoisotopic (exact) mass is 230 g/mol. The molecule has 0 aliphatic rings. The van der Waals surface area contributed by atoms with Crippen LogP contribution in [-0.2, 0) is 9.53 Å². The molecule has 4 nitrogen and oxygen atoms in total. The molecule has 0 radical (unpaired) electrons. The van der Waals surface area contributed by atoms with Crippen molar-refractivity contribution < 1.29 is 9.53 Å². The van der Waals surface area contributed by atoms with Gasteiger partial charge in [0, 0.05) is 12.6 Å². The summed E-state index contributed by atoms with van der Waals surface area (Å²) in [5, 5.41) is 3.20. The highest BCUT2D eigenvalue weighted by Crippen LogP contribution is 2.08. The number of methoxy groups -OCH3 is 1. The van der Waals surface area contributed by atoms with E-state index in [0.29, 0.717) is 12.0 Å². The summed E-state index contributed by atoms with van der Waals surface area (Å²) in [6.07, 6.45) is 1.12. The van der Waals surface area contributed by atoms with Gasteiger partial charge in [0.1, 0.15) is 6.04 Å². The zero-order valence-corrected chi connectivity index (χ0v) is 11.4. The summed E-state index contributed by atoms with van der Waals surface area (Å²) in [5.41, 5.74) is 0. The van der Waals surface area contributed by atoms with Gasteiger partial charge in [0.25, 0.3) is 0 Å². The molecule has 96 valence electrons. The molecule has 0 aliphatic carbocycles. The van der Waals surface area contributed by atoms with Crippen molar-refractivity contribution in [3.63, 3.8) is 0 Å². The highest BCUT2D eigenvalue weighted by atomic mass is 16.5. The van der Waals surface area contributed by atoms with Crippen molar-refractivity contribution >= 4 is 5.97 Å². The quantitative estimate of drug-likeness (QED) is 0.665. The van der Waals surface area contributed by atoms with E-state index in [-0.39, 0.29) is 12.0 Å². The van der Waals surface area contributed by atoms with Gasteiger partial charge in [-0.15, -0.1) is 0 Å². The highest BCUT2D eigenvalue weighted by molar-refractivity contribution is 5.75. The number of nitrogens with one attached hydrogen (secondary N) is 1. The van der Waals surface area contributed by atoms with Crippen molar-refractivity contribution in [3.8, 4) is 0 Å². The Balaban J connectivity index is 4.06. The van der Waals surface area contributed by atoms with E-state index in [1.165, 1.54) is 7.11 Å². The van der Waals surface area contributed by atoms with Crippen molar-refractivity contribution in [3.05, 3.63) is 0 Å². The molecule has 1 N–H and O–H groups in total. The van der Waals surface area contributed by atoms with Crippen molar-refractivity contribution in [2.75, 3.05) is 27.7 Å². The van der Waals surface area contributed by atoms with Crippen molar-refractivity contribution in [1.82, 2.24) is 10.2 Å². The number of hydrogen-bond acceptors (Lipinski definition) is 4. The molecule has 0 spiro atoms. The average Bonchev–Trinajstić information content (AvgIpc) is 2.21. The molecule has 0 bridgehead atoms. The van der Waals surface area contributed by atoms with E-state index in [1.54, 1.807) is 0 Å². The summed E-state index contributed by atoms with van der Waals surface area (Å²) < 4.78 is 4.67. The molecule has 16 heavy (non-hydrogen) atoms. The normalized spacial score (nSPS) is 15.2. The Hall–Kier alpha value is -0.610. The smallest absolute Gasteiger partial charge is 0.322 e. The molecule has 0 fully saturated rings. The lowest BCUT2D eigenvalue weighted by molar-refractivity contribution is -0.142. The molecule has 0 aromatic carbocycles. The van der Waals surface area contributed by atoms with E-state index in [4.69, 9.17) is 0 Å². The van der Waals surface area contributed by atoms with Crippen LogP contribution in [0.2, 0.25) is 0 Å². The molecule has 0 saturated heterocycles. The lowest BCUT2D eigenvalue weighted by Gasteiger charge is -2.27. The van der Waals surface area contributed by atoms with Gasteiger partial charge >= 0.3 is 5.97 Å². The van der Waals surface area contributed by atoms with Crippen LogP contribution in [0, 0.1) is 5.92 Å². The maximum absolute atomic E-state index is 11.2. The molecule has 0 aliphatic heterocycles. The minimum absolute atomic E-state index is 0.206. The van der Waals surface area contributed by atoms with Crippen LogP contribution in [0.4, 0.5) is 0 Å². The largest absolute Gasteiger partial charge is 0.468 e. The first kappa shape index (κ1) is 15.4. The maximum Gasteiger partial charge on any atom is 0.322 e. The third kappa shape index (κ3) is 6.08. The topological polar surface area (TPSA) is 41.6 Å². The van der Waals surface area contributed by atoms with Crippen LogP contribution >= 0.6 is 0 Å². The number of rotatable bonds is 7. The predicted molar refractivity (Wildman–Crippen MR) is 66.4 cm³/mol. The van der Waals surface area contributed by atoms with Crippen LogP contribution in [0.3, 0.4) is 0 Å². The fourth-order valence-corrected chi connectivity index (χ4v) is 1.59. The number of esters is 1. The lowest BCUT2D eigenvalue weighted by atomic mass is 10.0. The maximum atomic E-state index is 11.2. The van der Waals surface area contributed by atoms with E-state index in [1.807, 2.05) is 6.92 Å². The molecule has 4 heteroatoms. The number of likely N-dealkylation sites (N-methyl/N-ethyl adjacent to an activating group) is 1. The van der Waals surface area contributed by atoms with E-state index >= 15 is 0 Å². The van der Waals surface area contributed by atoms with Gasteiger partial charge in [-0.05, 0) is 33.4 Å². The van der Waals surface area contributed by atoms with Crippen molar-refractivity contribution in [2.45, 2.75) is 39.3 Å². The zero-order chi connectivity index (χ0) is 12.7. The molecule has 0 aromatic heterocycles. The van der Waals surface area contributed by atoms with Gasteiger partial charge in [0.05, 0.1) is 7.11 Å². The SMILES string of the molecule is COC(=O)C(C)NCC(CC(C)C)N(C)C. The molecular formula is C12H26N2O2. The fourth-order valence-electron chi connectivity index (χ4n) is 1.59. The third-order valence-electron chi connectivity index (χ3n) is 2.69. The molecule has 2 unspecified atom stereocenters. The predicted octanol–water partition coefficient (Wildman–Crippen LogP) is 1.11. The van der Waals surface area contributed by atoms with E-state index < -0.39 is 0 Å². The van der Waals surface area contributed by atoms with Gasteiger partial charge in [-0.3, -0.25) is 4.79 Å². The Kier molecular flexibility index (Phi) is 7.34. The number of nitrogens with zero attached hydrogens (tertiary/aromatic N) is 1. The first-order valence-corrected chi connectivity index (χ1v) is 5.86. The van der Waals surface area contributed by atoms with E-state index in [2.05, 4.69) is 42.9 Å². The van der Waals surface area contributed by atoms with Gasteiger partial charge in [-0.25, -0.2) is 0 Å². The van der Waals surface area contributed by atoms with Crippen molar-refractivity contribution in [2.24, 2.45) is 5.92 Å². The minimum atomic E-state index is -0.236. The second-order valence-corrected chi connectivity index (χ2v) is 4.90. The molecule has 0 saturated carbocycles. The standard InChI is InChI=1S/C12H26N2O2/c1-9(2)7-11(14(4)5)8-13-10(3)12(15)16-6/h9-11,13H,7-8H2,1-6H3.